The van der Waals surface area contributed by atoms with Crippen LogP contribution in [0.2, 0.25) is 0 Å². The van der Waals surface area contributed by atoms with Gasteiger partial charge in [0.2, 0.25) is 5.91 Å². The third-order valence-corrected chi connectivity index (χ3v) is 3.86. The highest BCUT2D eigenvalue weighted by molar-refractivity contribution is 9.10. The molecular weight excluding hydrogens is 312 g/mol. The monoisotopic (exact) mass is 328 g/mol. The first-order valence-corrected chi connectivity index (χ1v) is 6.93. The van der Waals surface area contributed by atoms with Gasteiger partial charge in [-0.3, -0.25) is 4.79 Å². The van der Waals surface area contributed by atoms with Crippen molar-refractivity contribution in [3.8, 4) is 0 Å². The van der Waals surface area contributed by atoms with Crippen molar-refractivity contribution in [3.05, 3.63) is 34.3 Å². The molecule has 1 atom stereocenters. The minimum Gasteiger partial charge on any atom is -0.391 e. The number of halogens is 1. The number of hydrogen-bond acceptors (Lipinski definition) is 2. The summed E-state index contributed by atoms with van der Waals surface area (Å²) in [5.74, 6) is -0.0785. The van der Waals surface area contributed by atoms with E-state index in [-0.39, 0.29) is 5.91 Å². The summed E-state index contributed by atoms with van der Waals surface area (Å²) in [5.41, 5.74) is 5.99. The standard InChI is InChI=1S/C13H17BrN2OS/c1-3-13(2,12(15)18)16-11(17)8-9-5-4-6-10(14)7-9/h4-7H,3,8H2,1-2H3,(H2,15,18)(H,16,17). The maximum absolute atomic E-state index is 12.0. The van der Waals surface area contributed by atoms with Crippen LogP contribution < -0.4 is 11.1 Å². The lowest BCUT2D eigenvalue weighted by Gasteiger charge is -2.28. The van der Waals surface area contributed by atoms with Crippen molar-refractivity contribution < 1.29 is 4.79 Å². The summed E-state index contributed by atoms with van der Waals surface area (Å²) in [6.07, 6.45) is 0.990. The second-order valence-electron chi connectivity index (χ2n) is 4.40. The van der Waals surface area contributed by atoms with Crippen molar-refractivity contribution in [1.29, 1.82) is 0 Å². The van der Waals surface area contributed by atoms with Gasteiger partial charge in [-0.1, -0.05) is 47.2 Å². The molecule has 1 rings (SSSR count). The lowest BCUT2D eigenvalue weighted by Crippen LogP contribution is -2.54. The molecule has 0 spiro atoms. The fraction of sp³-hybridized carbons (Fsp3) is 0.385. The minimum atomic E-state index is -0.613. The quantitative estimate of drug-likeness (QED) is 0.817. The van der Waals surface area contributed by atoms with Crippen LogP contribution in [0.3, 0.4) is 0 Å². The molecule has 0 aromatic heterocycles. The molecule has 0 radical (unpaired) electrons. The zero-order valence-electron chi connectivity index (χ0n) is 10.5. The fourth-order valence-corrected chi connectivity index (χ4v) is 2.15. The van der Waals surface area contributed by atoms with Gasteiger partial charge >= 0.3 is 0 Å². The number of rotatable bonds is 5. The molecule has 1 aromatic rings. The molecule has 5 heteroatoms. The molecule has 18 heavy (non-hydrogen) atoms. The zero-order valence-corrected chi connectivity index (χ0v) is 12.9. The normalized spacial score (nSPS) is 13.7. The van der Waals surface area contributed by atoms with E-state index in [1.807, 2.05) is 38.1 Å². The molecule has 0 saturated heterocycles. The van der Waals surface area contributed by atoms with Gasteiger partial charge in [0.1, 0.15) is 0 Å². The summed E-state index contributed by atoms with van der Waals surface area (Å²) in [6, 6.07) is 7.66. The van der Waals surface area contributed by atoms with Crippen LogP contribution in [0.1, 0.15) is 25.8 Å². The van der Waals surface area contributed by atoms with Gasteiger partial charge in [0, 0.05) is 4.47 Å². The largest absolute Gasteiger partial charge is 0.391 e. The number of carbonyl (C=O) groups is 1. The van der Waals surface area contributed by atoms with E-state index in [0.717, 1.165) is 10.0 Å². The summed E-state index contributed by atoms with van der Waals surface area (Å²) in [5, 5.41) is 2.89. The van der Waals surface area contributed by atoms with Gasteiger partial charge in [0.25, 0.3) is 0 Å². The average Bonchev–Trinajstić information content (AvgIpc) is 2.28. The summed E-state index contributed by atoms with van der Waals surface area (Å²) < 4.78 is 0.959. The van der Waals surface area contributed by atoms with Gasteiger partial charge in [-0.2, -0.15) is 0 Å². The molecule has 0 aliphatic rings. The number of amides is 1. The molecule has 98 valence electrons. The molecule has 0 bridgehead atoms. The Hall–Kier alpha value is -0.940. The molecule has 1 amide bonds. The summed E-state index contributed by atoms with van der Waals surface area (Å²) in [6.45, 7) is 3.78. The Labute approximate surface area is 121 Å². The highest BCUT2D eigenvalue weighted by Gasteiger charge is 2.27. The van der Waals surface area contributed by atoms with Crippen LogP contribution >= 0.6 is 28.1 Å². The average molecular weight is 329 g/mol. The summed E-state index contributed by atoms with van der Waals surface area (Å²) in [4.78, 5) is 12.3. The Balaban J connectivity index is 2.70. The van der Waals surface area contributed by atoms with Crippen LogP contribution in [0, 0.1) is 0 Å². The van der Waals surface area contributed by atoms with Gasteiger partial charge in [-0.15, -0.1) is 0 Å². The van der Waals surface area contributed by atoms with Gasteiger partial charge < -0.3 is 11.1 Å². The minimum absolute atomic E-state index is 0.0785. The maximum Gasteiger partial charge on any atom is 0.225 e. The number of nitrogens with one attached hydrogen (secondary N) is 1. The van der Waals surface area contributed by atoms with E-state index in [0.29, 0.717) is 17.8 Å². The van der Waals surface area contributed by atoms with Gasteiger partial charge in [0.05, 0.1) is 16.9 Å². The highest BCUT2D eigenvalue weighted by atomic mass is 79.9. The number of benzene rings is 1. The predicted molar refractivity (Wildman–Crippen MR) is 81.5 cm³/mol. The van der Waals surface area contributed by atoms with Crippen molar-refractivity contribution in [1.82, 2.24) is 5.32 Å². The first kappa shape index (κ1) is 15.1. The van der Waals surface area contributed by atoms with Gasteiger partial charge in [-0.05, 0) is 31.0 Å². The molecule has 0 fully saturated rings. The topological polar surface area (TPSA) is 55.1 Å². The predicted octanol–water partition coefficient (Wildman–Crippen LogP) is 2.56. The SMILES string of the molecule is CCC(C)(NC(=O)Cc1cccc(Br)c1)C(N)=S. The van der Waals surface area contributed by atoms with Gasteiger partial charge in [0.15, 0.2) is 0 Å². The lowest BCUT2D eigenvalue weighted by atomic mass is 9.98. The molecule has 0 heterocycles. The molecule has 0 aliphatic heterocycles. The first-order chi connectivity index (χ1) is 8.37. The summed E-state index contributed by atoms with van der Waals surface area (Å²) >= 11 is 8.37. The van der Waals surface area contributed by atoms with Crippen molar-refractivity contribution in [2.75, 3.05) is 0 Å². The molecule has 1 aromatic carbocycles. The van der Waals surface area contributed by atoms with Crippen molar-refractivity contribution in [2.45, 2.75) is 32.2 Å². The summed E-state index contributed by atoms with van der Waals surface area (Å²) in [7, 11) is 0. The van der Waals surface area contributed by atoms with Crippen LogP contribution in [0.4, 0.5) is 0 Å². The van der Waals surface area contributed by atoms with Crippen molar-refractivity contribution >= 4 is 39.0 Å². The van der Waals surface area contributed by atoms with Crippen molar-refractivity contribution in [2.24, 2.45) is 5.73 Å². The Bertz CT molecular complexity index is 464. The zero-order chi connectivity index (χ0) is 13.8. The van der Waals surface area contributed by atoms with Crippen LogP contribution in [0.5, 0.6) is 0 Å². The smallest absolute Gasteiger partial charge is 0.225 e. The van der Waals surface area contributed by atoms with E-state index >= 15 is 0 Å². The van der Waals surface area contributed by atoms with E-state index in [9.17, 15) is 4.79 Å². The Kier molecular flexibility index (Phi) is 5.28. The van der Waals surface area contributed by atoms with Crippen LogP contribution in [0.25, 0.3) is 0 Å². The third-order valence-electron chi connectivity index (χ3n) is 2.92. The molecule has 0 aliphatic carbocycles. The van der Waals surface area contributed by atoms with E-state index in [1.165, 1.54) is 0 Å². The maximum atomic E-state index is 12.0. The van der Waals surface area contributed by atoms with Crippen LogP contribution in [-0.4, -0.2) is 16.4 Å². The third kappa shape index (κ3) is 4.07. The second-order valence-corrected chi connectivity index (χ2v) is 5.76. The van der Waals surface area contributed by atoms with E-state index in [2.05, 4.69) is 21.2 Å². The van der Waals surface area contributed by atoms with Gasteiger partial charge in [-0.25, -0.2) is 0 Å². The molecule has 0 saturated carbocycles. The number of nitrogens with two attached hydrogens (primary N) is 1. The highest BCUT2D eigenvalue weighted by Crippen LogP contribution is 2.13. The number of hydrogen-bond donors (Lipinski definition) is 2. The van der Waals surface area contributed by atoms with E-state index in [1.54, 1.807) is 0 Å². The molecule has 1 unspecified atom stereocenters. The first-order valence-electron chi connectivity index (χ1n) is 5.73. The van der Waals surface area contributed by atoms with Crippen LogP contribution in [-0.2, 0) is 11.2 Å². The molecule has 3 nitrogen and oxygen atoms in total. The number of thiocarbonyl (C=S) groups is 1. The Morgan fingerprint density at radius 1 is 1.56 bits per heavy atom. The lowest BCUT2D eigenvalue weighted by molar-refractivity contribution is -0.121. The fourth-order valence-electron chi connectivity index (χ4n) is 1.51. The Morgan fingerprint density at radius 3 is 2.72 bits per heavy atom. The molecular formula is C13H17BrN2OS. The number of carbonyl (C=O) groups excluding carboxylic acids is 1. The van der Waals surface area contributed by atoms with Crippen LogP contribution in [0.15, 0.2) is 28.7 Å². The van der Waals surface area contributed by atoms with E-state index < -0.39 is 5.54 Å². The Morgan fingerprint density at radius 2 is 2.22 bits per heavy atom. The van der Waals surface area contributed by atoms with E-state index in [4.69, 9.17) is 18.0 Å². The second kappa shape index (κ2) is 6.29. The molecule has 3 N–H and O–H groups in total. The van der Waals surface area contributed by atoms with Crippen molar-refractivity contribution in [3.63, 3.8) is 0 Å².